The Morgan fingerprint density at radius 1 is 1.29 bits per heavy atom. The average molecular weight is 320 g/mol. The van der Waals surface area contributed by atoms with Crippen molar-refractivity contribution in [2.75, 3.05) is 6.54 Å². The Bertz CT molecular complexity index is 587. The third-order valence-electron chi connectivity index (χ3n) is 3.66. The number of nitrogens with two attached hydrogens (primary N) is 1. The highest BCUT2D eigenvalue weighted by molar-refractivity contribution is 7.89. The van der Waals surface area contributed by atoms with Gasteiger partial charge in [-0.1, -0.05) is 25.0 Å². The second-order valence-corrected chi connectivity index (χ2v) is 6.77. The van der Waals surface area contributed by atoms with E-state index in [1.54, 1.807) is 0 Å². The van der Waals surface area contributed by atoms with Crippen LogP contribution in [0.5, 0.6) is 5.75 Å². The topological polar surface area (TPSA) is 81.4 Å². The Morgan fingerprint density at radius 2 is 1.90 bits per heavy atom. The van der Waals surface area contributed by atoms with Crippen LogP contribution in [-0.4, -0.2) is 27.1 Å². The zero-order valence-electron chi connectivity index (χ0n) is 11.4. The maximum Gasteiger partial charge on any atom is 0.387 e. The minimum Gasteiger partial charge on any atom is -0.433 e. The van der Waals surface area contributed by atoms with Crippen molar-refractivity contribution in [3.8, 4) is 5.75 Å². The number of hydrogen-bond donors (Lipinski definition) is 2. The molecule has 0 heterocycles. The van der Waals surface area contributed by atoms with Gasteiger partial charge in [-0.25, -0.2) is 13.1 Å². The monoisotopic (exact) mass is 320 g/mol. The number of hydrogen-bond acceptors (Lipinski definition) is 4. The van der Waals surface area contributed by atoms with Gasteiger partial charge in [0.1, 0.15) is 10.6 Å². The van der Waals surface area contributed by atoms with E-state index in [0.717, 1.165) is 12.8 Å². The van der Waals surface area contributed by atoms with E-state index in [4.69, 9.17) is 5.73 Å². The number of sulfonamides is 1. The molecule has 0 spiro atoms. The zero-order chi connectivity index (χ0) is 15.5. The van der Waals surface area contributed by atoms with Crippen LogP contribution in [0.1, 0.15) is 25.7 Å². The van der Waals surface area contributed by atoms with Crippen molar-refractivity contribution < 1.29 is 21.9 Å². The van der Waals surface area contributed by atoms with E-state index in [0.29, 0.717) is 12.8 Å². The lowest BCUT2D eigenvalue weighted by Gasteiger charge is -2.28. The summed E-state index contributed by atoms with van der Waals surface area (Å²) in [6.45, 7) is -2.92. The van der Waals surface area contributed by atoms with Crippen LogP contribution in [0.4, 0.5) is 8.78 Å². The predicted molar refractivity (Wildman–Crippen MR) is 73.6 cm³/mol. The first-order valence-corrected chi connectivity index (χ1v) is 8.15. The van der Waals surface area contributed by atoms with E-state index < -0.39 is 22.2 Å². The van der Waals surface area contributed by atoms with Gasteiger partial charge in [-0.3, -0.25) is 0 Å². The van der Waals surface area contributed by atoms with E-state index in [2.05, 4.69) is 9.46 Å². The maximum absolute atomic E-state index is 12.5. The molecule has 0 unspecified atom stereocenters. The first-order chi connectivity index (χ1) is 9.88. The molecule has 1 aliphatic rings. The first-order valence-electron chi connectivity index (χ1n) is 6.66. The minimum atomic E-state index is -3.98. The smallest absolute Gasteiger partial charge is 0.387 e. The molecule has 0 radical (unpaired) electrons. The molecule has 8 heteroatoms. The van der Waals surface area contributed by atoms with Crippen molar-refractivity contribution in [1.29, 1.82) is 0 Å². The fourth-order valence-electron chi connectivity index (χ4n) is 2.61. The third kappa shape index (κ3) is 3.69. The van der Waals surface area contributed by atoms with Gasteiger partial charge in [0, 0.05) is 12.1 Å². The van der Waals surface area contributed by atoms with Crippen LogP contribution in [0, 0.1) is 0 Å². The zero-order valence-corrected chi connectivity index (χ0v) is 12.2. The van der Waals surface area contributed by atoms with Crippen molar-refractivity contribution in [1.82, 2.24) is 4.72 Å². The number of halogens is 2. The van der Waals surface area contributed by atoms with Gasteiger partial charge in [0.2, 0.25) is 10.0 Å². The molecule has 1 fully saturated rings. The molecular weight excluding hydrogens is 302 g/mol. The van der Waals surface area contributed by atoms with E-state index in [1.165, 1.54) is 24.3 Å². The molecule has 3 N–H and O–H groups in total. The van der Waals surface area contributed by atoms with E-state index in [-0.39, 0.29) is 17.2 Å². The maximum atomic E-state index is 12.5. The van der Waals surface area contributed by atoms with Crippen molar-refractivity contribution >= 4 is 10.0 Å². The lowest BCUT2D eigenvalue weighted by Crippen LogP contribution is -2.51. The number of alkyl halides is 2. The largest absolute Gasteiger partial charge is 0.433 e. The SMILES string of the molecule is NCC1(NS(=O)(=O)c2ccccc2OC(F)F)CCCC1. The Morgan fingerprint density at radius 3 is 2.48 bits per heavy atom. The molecule has 1 aromatic rings. The second kappa shape index (κ2) is 6.25. The van der Waals surface area contributed by atoms with Crippen molar-refractivity contribution in [2.45, 2.75) is 42.7 Å². The minimum absolute atomic E-state index is 0.171. The molecule has 0 aromatic heterocycles. The normalized spacial score (nSPS) is 18.1. The highest BCUT2D eigenvalue weighted by Gasteiger charge is 2.37. The van der Waals surface area contributed by atoms with Crippen LogP contribution in [0.3, 0.4) is 0 Å². The van der Waals surface area contributed by atoms with Gasteiger partial charge in [0.25, 0.3) is 0 Å². The van der Waals surface area contributed by atoms with Crippen molar-refractivity contribution in [2.24, 2.45) is 5.73 Å². The van der Waals surface area contributed by atoms with Gasteiger partial charge in [0.15, 0.2) is 0 Å². The average Bonchev–Trinajstić information content (AvgIpc) is 2.87. The number of para-hydroxylation sites is 1. The van der Waals surface area contributed by atoms with Crippen molar-refractivity contribution in [3.05, 3.63) is 24.3 Å². The summed E-state index contributed by atoms with van der Waals surface area (Å²) in [5.74, 6) is -0.370. The van der Waals surface area contributed by atoms with Gasteiger partial charge >= 0.3 is 6.61 Å². The molecular formula is C13H18F2N2O3S. The van der Waals surface area contributed by atoms with Crippen LogP contribution in [0.15, 0.2) is 29.2 Å². The van der Waals surface area contributed by atoms with Gasteiger partial charge in [0.05, 0.1) is 0 Å². The summed E-state index contributed by atoms with van der Waals surface area (Å²) in [6, 6.07) is 5.32. The molecule has 0 amide bonds. The van der Waals surface area contributed by atoms with Crippen LogP contribution in [0.25, 0.3) is 0 Å². The lowest BCUT2D eigenvalue weighted by molar-refractivity contribution is -0.0517. The Hall–Kier alpha value is -1.25. The Labute approximate surface area is 122 Å². The second-order valence-electron chi connectivity index (χ2n) is 5.12. The summed E-state index contributed by atoms with van der Waals surface area (Å²) < 4.78 is 56.5. The number of benzene rings is 1. The summed E-state index contributed by atoms with van der Waals surface area (Å²) in [5, 5.41) is 0. The molecule has 0 saturated heterocycles. The summed E-state index contributed by atoms with van der Waals surface area (Å²) in [5.41, 5.74) is 5.00. The predicted octanol–water partition coefficient (Wildman–Crippen LogP) is 1.84. The quantitative estimate of drug-likeness (QED) is 0.838. The van der Waals surface area contributed by atoms with Gasteiger partial charge < -0.3 is 10.5 Å². The summed E-state index contributed by atoms with van der Waals surface area (Å²) >= 11 is 0. The van der Waals surface area contributed by atoms with Gasteiger partial charge in [-0.05, 0) is 25.0 Å². The highest BCUT2D eigenvalue weighted by atomic mass is 32.2. The molecule has 118 valence electrons. The number of nitrogens with one attached hydrogen (secondary N) is 1. The van der Waals surface area contributed by atoms with Crippen LogP contribution in [-0.2, 0) is 10.0 Å². The molecule has 2 rings (SSSR count). The van der Waals surface area contributed by atoms with E-state index in [1.807, 2.05) is 0 Å². The van der Waals surface area contributed by atoms with Crippen LogP contribution in [0.2, 0.25) is 0 Å². The highest BCUT2D eigenvalue weighted by Crippen LogP contribution is 2.32. The standard InChI is InChI=1S/C13H18F2N2O3S/c14-12(15)20-10-5-1-2-6-11(10)21(18,19)17-13(9-16)7-3-4-8-13/h1-2,5-6,12,17H,3-4,7-9,16H2. The summed E-state index contributed by atoms with van der Waals surface area (Å²) in [6.07, 6.45) is 3.05. The third-order valence-corrected chi connectivity index (χ3v) is 5.28. The molecule has 1 aromatic carbocycles. The van der Waals surface area contributed by atoms with Crippen LogP contribution >= 0.6 is 0 Å². The molecule has 21 heavy (non-hydrogen) atoms. The summed E-state index contributed by atoms with van der Waals surface area (Å²) in [7, 11) is -3.98. The Balaban J connectivity index is 2.31. The molecule has 1 saturated carbocycles. The van der Waals surface area contributed by atoms with Gasteiger partial charge in [-0.15, -0.1) is 0 Å². The fraction of sp³-hybridized carbons (Fsp3) is 0.538. The lowest BCUT2D eigenvalue weighted by atomic mass is 10.0. The Kier molecular flexibility index (Phi) is 4.80. The molecule has 1 aliphatic carbocycles. The fourth-order valence-corrected chi connectivity index (χ4v) is 4.21. The van der Waals surface area contributed by atoms with E-state index >= 15 is 0 Å². The molecule has 0 aliphatic heterocycles. The molecule has 0 bridgehead atoms. The number of ether oxygens (including phenoxy) is 1. The molecule has 0 atom stereocenters. The van der Waals surface area contributed by atoms with E-state index in [9.17, 15) is 17.2 Å². The summed E-state index contributed by atoms with van der Waals surface area (Å²) in [4.78, 5) is -0.301. The van der Waals surface area contributed by atoms with Gasteiger partial charge in [-0.2, -0.15) is 8.78 Å². The number of rotatable bonds is 6. The first kappa shape index (κ1) is 16.1. The van der Waals surface area contributed by atoms with Crippen molar-refractivity contribution in [3.63, 3.8) is 0 Å². The van der Waals surface area contributed by atoms with Crippen LogP contribution < -0.4 is 15.2 Å². The molecule has 5 nitrogen and oxygen atoms in total.